The Morgan fingerprint density at radius 2 is 1.89 bits per heavy atom. The van der Waals surface area contributed by atoms with Crippen molar-refractivity contribution in [3.8, 4) is 0 Å². The molecular formula is C14H10Cl2N2O. The number of halogens is 2. The first kappa shape index (κ1) is 12.5. The van der Waals surface area contributed by atoms with Crippen LogP contribution in [0.1, 0.15) is 18.4 Å². The summed E-state index contributed by atoms with van der Waals surface area (Å²) in [4.78, 5) is 18.2. The van der Waals surface area contributed by atoms with Crippen molar-refractivity contribution in [2.24, 2.45) is 0 Å². The van der Waals surface area contributed by atoms with Crippen LogP contribution in [0.3, 0.4) is 0 Å². The van der Waals surface area contributed by atoms with E-state index in [0.717, 1.165) is 5.56 Å². The van der Waals surface area contributed by atoms with Gasteiger partial charge in [0.15, 0.2) is 0 Å². The lowest BCUT2D eigenvalue weighted by molar-refractivity contribution is -0.118. The van der Waals surface area contributed by atoms with Crippen molar-refractivity contribution in [2.45, 2.75) is 12.8 Å². The molecule has 3 nitrogen and oxygen atoms in total. The Kier molecular flexibility index (Phi) is 2.96. The Labute approximate surface area is 120 Å². The van der Waals surface area contributed by atoms with Gasteiger partial charge in [-0.05, 0) is 31.2 Å². The van der Waals surface area contributed by atoms with Crippen molar-refractivity contribution in [1.82, 2.24) is 4.98 Å². The smallest absolute Gasteiger partial charge is 0.240 e. The van der Waals surface area contributed by atoms with Crippen LogP contribution >= 0.6 is 23.2 Å². The molecule has 96 valence electrons. The molecule has 1 aromatic heterocycles. The minimum absolute atomic E-state index is 0.0213. The summed E-state index contributed by atoms with van der Waals surface area (Å²) in [5, 5.41) is 0.986. The molecular weight excluding hydrogens is 283 g/mol. The molecule has 1 unspecified atom stereocenters. The number of anilines is 2. The Hall–Kier alpha value is -1.58. The number of nitrogens with zero attached hydrogens (tertiary/aromatic N) is 2. The van der Waals surface area contributed by atoms with E-state index < -0.39 is 0 Å². The fourth-order valence-electron chi connectivity index (χ4n) is 2.28. The Morgan fingerprint density at radius 3 is 2.58 bits per heavy atom. The summed E-state index contributed by atoms with van der Waals surface area (Å²) in [6.45, 7) is 1.87. The van der Waals surface area contributed by atoms with E-state index in [1.54, 1.807) is 29.3 Å². The molecule has 0 radical (unpaired) electrons. The van der Waals surface area contributed by atoms with Crippen LogP contribution in [0.15, 0.2) is 36.5 Å². The zero-order valence-corrected chi connectivity index (χ0v) is 11.6. The number of rotatable bonds is 1. The van der Waals surface area contributed by atoms with E-state index in [4.69, 9.17) is 23.2 Å². The van der Waals surface area contributed by atoms with Gasteiger partial charge < -0.3 is 0 Å². The molecule has 2 heterocycles. The zero-order chi connectivity index (χ0) is 13.6. The number of amides is 1. The molecule has 0 bridgehead atoms. The van der Waals surface area contributed by atoms with Gasteiger partial charge in [0.2, 0.25) is 5.91 Å². The first-order valence-electron chi connectivity index (χ1n) is 5.83. The Bertz CT molecular complexity index is 652. The molecule has 1 aliphatic rings. The summed E-state index contributed by atoms with van der Waals surface area (Å²) in [5.74, 6) is 0.423. The van der Waals surface area contributed by atoms with Crippen LogP contribution in [0.25, 0.3) is 0 Å². The van der Waals surface area contributed by atoms with E-state index in [1.165, 1.54) is 0 Å². The number of carbonyl (C=O) groups is 1. The maximum Gasteiger partial charge on any atom is 0.240 e. The molecule has 0 spiro atoms. The fraction of sp³-hybridized carbons (Fsp3) is 0.143. The first-order valence-corrected chi connectivity index (χ1v) is 6.58. The number of carbonyl (C=O) groups excluding carboxylic acids is 1. The third-order valence-corrected chi connectivity index (χ3v) is 3.63. The van der Waals surface area contributed by atoms with Crippen LogP contribution in [0, 0.1) is 0 Å². The summed E-state index contributed by atoms with van der Waals surface area (Å²) in [5.41, 5.74) is 1.57. The third-order valence-electron chi connectivity index (χ3n) is 3.19. The highest BCUT2D eigenvalue weighted by atomic mass is 35.5. The molecule has 1 aliphatic heterocycles. The van der Waals surface area contributed by atoms with Gasteiger partial charge in [-0.25, -0.2) is 4.98 Å². The SMILES string of the molecule is CC1C(=O)N(c2cc(Cl)cc(Cl)c2)c2ncccc21. The number of pyridine rings is 1. The average Bonchev–Trinajstić information content (AvgIpc) is 2.61. The predicted octanol–water partition coefficient (Wildman–Crippen LogP) is 4.17. The van der Waals surface area contributed by atoms with Gasteiger partial charge in [0.25, 0.3) is 0 Å². The number of hydrogen-bond donors (Lipinski definition) is 0. The third kappa shape index (κ3) is 1.99. The molecule has 0 saturated heterocycles. The molecule has 2 aromatic rings. The molecule has 1 aromatic carbocycles. The van der Waals surface area contributed by atoms with Crippen LogP contribution in [-0.4, -0.2) is 10.9 Å². The van der Waals surface area contributed by atoms with Gasteiger partial charge in [0.05, 0.1) is 11.6 Å². The summed E-state index contributed by atoms with van der Waals surface area (Å²) in [7, 11) is 0. The van der Waals surface area contributed by atoms with E-state index in [2.05, 4.69) is 4.98 Å². The van der Waals surface area contributed by atoms with Gasteiger partial charge in [-0.2, -0.15) is 0 Å². The molecule has 1 amide bonds. The van der Waals surface area contributed by atoms with Crippen LogP contribution < -0.4 is 4.90 Å². The largest absolute Gasteiger partial charge is 0.273 e. The highest BCUT2D eigenvalue weighted by Crippen LogP contribution is 2.41. The van der Waals surface area contributed by atoms with Gasteiger partial charge in [0.1, 0.15) is 5.82 Å². The van der Waals surface area contributed by atoms with Crippen molar-refractivity contribution in [3.05, 3.63) is 52.1 Å². The normalized spacial score (nSPS) is 17.7. The lowest BCUT2D eigenvalue weighted by Gasteiger charge is -2.17. The first-order chi connectivity index (χ1) is 9.08. The molecule has 0 fully saturated rings. The number of benzene rings is 1. The van der Waals surface area contributed by atoms with Gasteiger partial charge in [-0.1, -0.05) is 29.3 Å². The number of hydrogen-bond acceptors (Lipinski definition) is 2. The van der Waals surface area contributed by atoms with E-state index >= 15 is 0 Å². The molecule has 0 N–H and O–H groups in total. The van der Waals surface area contributed by atoms with Gasteiger partial charge in [-0.15, -0.1) is 0 Å². The predicted molar refractivity (Wildman–Crippen MR) is 76.3 cm³/mol. The Morgan fingerprint density at radius 1 is 1.21 bits per heavy atom. The monoisotopic (exact) mass is 292 g/mol. The maximum atomic E-state index is 12.4. The van der Waals surface area contributed by atoms with Gasteiger partial charge in [0, 0.05) is 21.8 Å². The minimum Gasteiger partial charge on any atom is -0.273 e. The molecule has 3 rings (SSSR count). The van der Waals surface area contributed by atoms with E-state index in [0.29, 0.717) is 21.6 Å². The van der Waals surface area contributed by atoms with Crippen LogP contribution in [0.5, 0.6) is 0 Å². The molecule has 5 heteroatoms. The van der Waals surface area contributed by atoms with Crippen molar-refractivity contribution in [1.29, 1.82) is 0 Å². The molecule has 0 aliphatic carbocycles. The maximum absolute atomic E-state index is 12.4. The highest BCUT2D eigenvalue weighted by molar-refractivity contribution is 6.35. The second kappa shape index (κ2) is 4.51. The second-order valence-corrected chi connectivity index (χ2v) is 5.31. The van der Waals surface area contributed by atoms with E-state index in [9.17, 15) is 4.79 Å². The highest BCUT2D eigenvalue weighted by Gasteiger charge is 2.36. The quantitative estimate of drug-likeness (QED) is 0.790. The van der Waals surface area contributed by atoms with E-state index in [-0.39, 0.29) is 11.8 Å². The van der Waals surface area contributed by atoms with Gasteiger partial charge >= 0.3 is 0 Å². The fourth-order valence-corrected chi connectivity index (χ4v) is 2.80. The van der Waals surface area contributed by atoms with Crippen molar-refractivity contribution < 1.29 is 4.79 Å². The number of fused-ring (bicyclic) bond motifs is 1. The average molecular weight is 293 g/mol. The van der Waals surface area contributed by atoms with Crippen LogP contribution in [0.2, 0.25) is 10.0 Å². The van der Waals surface area contributed by atoms with Crippen molar-refractivity contribution >= 4 is 40.6 Å². The zero-order valence-electron chi connectivity index (χ0n) is 10.1. The molecule has 1 atom stereocenters. The topological polar surface area (TPSA) is 33.2 Å². The van der Waals surface area contributed by atoms with Crippen molar-refractivity contribution in [3.63, 3.8) is 0 Å². The summed E-state index contributed by atoms with van der Waals surface area (Å²) in [6, 6.07) is 8.80. The van der Waals surface area contributed by atoms with Crippen LogP contribution in [0.4, 0.5) is 11.5 Å². The minimum atomic E-state index is -0.207. The van der Waals surface area contributed by atoms with Crippen LogP contribution in [-0.2, 0) is 4.79 Å². The van der Waals surface area contributed by atoms with Gasteiger partial charge in [-0.3, -0.25) is 9.69 Å². The lowest BCUT2D eigenvalue weighted by atomic mass is 10.1. The van der Waals surface area contributed by atoms with E-state index in [1.807, 2.05) is 19.1 Å². The summed E-state index contributed by atoms with van der Waals surface area (Å²) < 4.78 is 0. The molecule has 0 saturated carbocycles. The second-order valence-electron chi connectivity index (χ2n) is 4.44. The lowest BCUT2D eigenvalue weighted by Crippen LogP contribution is -2.23. The standard InChI is InChI=1S/C14H10Cl2N2O/c1-8-12-3-2-4-17-13(12)18(14(8)19)11-6-9(15)5-10(16)7-11/h2-8H,1H3. The summed E-state index contributed by atoms with van der Waals surface area (Å²) >= 11 is 12.0. The number of aromatic nitrogens is 1. The Balaban J connectivity index is 2.18. The van der Waals surface area contributed by atoms with Crippen molar-refractivity contribution in [2.75, 3.05) is 4.90 Å². The summed E-state index contributed by atoms with van der Waals surface area (Å²) in [6.07, 6.45) is 1.67. The molecule has 19 heavy (non-hydrogen) atoms.